The van der Waals surface area contributed by atoms with E-state index in [1.807, 2.05) is 6.92 Å². The third-order valence-electron chi connectivity index (χ3n) is 3.89. The highest BCUT2D eigenvalue weighted by Gasteiger charge is 2.34. The Kier molecular flexibility index (Phi) is 3.82. The van der Waals surface area contributed by atoms with Crippen LogP contribution in [-0.4, -0.2) is 0 Å². The number of furan rings is 1. The third kappa shape index (κ3) is 3.02. The standard InChI is InChI=1S/C16H20BrNOS/c1-10-6-12-13(7-16(2,3)8-14(12)19-10)18-9-11-4-5-15(17)20-11/h4-6,13,18H,7-9H2,1-3H3. The van der Waals surface area contributed by atoms with Crippen molar-refractivity contribution in [3.63, 3.8) is 0 Å². The number of nitrogens with one attached hydrogen (secondary N) is 1. The van der Waals surface area contributed by atoms with Gasteiger partial charge in [0.05, 0.1) is 3.79 Å². The molecular formula is C16H20BrNOS. The Hall–Kier alpha value is -0.580. The summed E-state index contributed by atoms with van der Waals surface area (Å²) in [6.07, 6.45) is 2.20. The maximum Gasteiger partial charge on any atom is 0.109 e. The molecule has 4 heteroatoms. The van der Waals surface area contributed by atoms with E-state index >= 15 is 0 Å². The summed E-state index contributed by atoms with van der Waals surface area (Å²) in [6.45, 7) is 7.61. The number of rotatable bonds is 3. The van der Waals surface area contributed by atoms with Gasteiger partial charge in [0.1, 0.15) is 11.5 Å². The third-order valence-corrected chi connectivity index (χ3v) is 5.51. The summed E-state index contributed by atoms with van der Waals surface area (Å²) >= 11 is 5.31. The summed E-state index contributed by atoms with van der Waals surface area (Å²) in [7, 11) is 0. The molecule has 0 saturated heterocycles. The van der Waals surface area contributed by atoms with Crippen LogP contribution in [0.4, 0.5) is 0 Å². The van der Waals surface area contributed by atoms with Crippen molar-refractivity contribution in [1.82, 2.24) is 5.32 Å². The van der Waals surface area contributed by atoms with Crippen molar-refractivity contribution in [3.8, 4) is 0 Å². The van der Waals surface area contributed by atoms with E-state index in [-0.39, 0.29) is 0 Å². The lowest BCUT2D eigenvalue weighted by atomic mass is 9.75. The number of halogens is 1. The van der Waals surface area contributed by atoms with Gasteiger partial charge in [0.25, 0.3) is 0 Å². The fourth-order valence-electron chi connectivity index (χ4n) is 3.04. The van der Waals surface area contributed by atoms with Crippen molar-refractivity contribution in [1.29, 1.82) is 0 Å². The van der Waals surface area contributed by atoms with Gasteiger partial charge in [-0.3, -0.25) is 0 Å². The molecule has 1 unspecified atom stereocenters. The van der Waals surface area contributed by atoms with Crippen LogP contribution in [0.3, 0.4) is 0 Å². The molecule has 108 valence electrons. The predicted octanol–water partition coefficient (Wildman–Crippen LogP) is 5.22. The van der Waals surface area contributed by atoms with Gasteiger partial charge in [0, 0.05) is 29.4 Å². The lowest BCUT2D eigenvalue weighted by molar-refractivity contribution is 0.234. The van der Waals surface area contributed by atoms with Gasteiger partial charge in [-0.1, -0.05) is 13.8 Å². The average molecular weight is 354 g/mol. The molecule has 2 aromatic rings. The molecule has 0 saturated carbocycles. The average Bonchev–Trinajstić information content (AvgIpc) is 2.90. The molecule has 0 aliphatic heterocycles. The minimum Gasteiger partial charge on any atom is -0.466 e. The Bertz CT molecular complexity index is 614. The van der Waals surface area contributed by atoms with Crippen molar-refractivity contribution >= 4 is 27.3 Å². The fraction of sp³-hybridized carbons (Fsp3) is 0.500. The molecule has 2 heterocycles. The van der Waals surface area contributed by atoms with E-state index in [0.29, 0.717) is 11.5 Å². The molecule has 0 bridgehead atoms. The smallest absolute Gasteiger partial charge is 0.109 e. The Balaban J connectivity index is 1.78. The van der Waals surface area contributed by atoms with E-state index < -0.39 is 0 Å². The molecule has 1 aliphatic rings. The lowest BCUT2D eigenvalue weighted by Crippen LogP contribution is -2.32. The number of fused-ring (bicyclic) bond motifs is 1. The van der Waals surface area contributed by atoms with Crippen LogP contribution >= 0.6 is 27.3 Å². The van der Waals surface area contributed by atoms with Crippen molar-refractivity contribution in [2.45, 2.75) is 46.2 Å². The molecule has 0 fully saturated rings. The Morgan fingerprint density at radius 1 is 1.45 bits per heavy atom. The molecule has 20 heavy (non-hydrogen) atoms. The number of thiophene rings is 1. The van der Waals surface area contributed by atoms with Crippen molar-refractivity contribution in [3.05, 3.63) is 43.9 Å². The fourth-order valence-corrected chi connectivity index (χ4v) is 4.47. The molecule has 0 amide bonds. The van der Waals surface area contributed by atoms with Crippen LogP contribution in [0.1, 0.15) is 48.3 Å². The summed E-state index contributed by atoms with van der Waals surface area (Å²) in [5.41, 5.74) is 1.66. The molecule has 3 rings (SSSR count). The van der Waals surface area contributed by atoms with E-state index in [2.05, 4.69) is 53.3 Å². The second-order valence-corrected chi connectivity index (χ2v) is 8.97. The van der Waals surface area contributed by atoms with E-state index in [9.17, 15) is 0 Å². The van der Waals surface area contributed by atoms with Crippen LogP contribution in [0.2, 0.25) is 0 Å². The van der Waals surface area contributed by atoms with E-state index in [1.165, 1.54) is 20.0 Å². The molecule has 1 atom stereocenters. The largest absolute Gasteiger partial charge is 0.466 e. The highest BCUT2D eigenvalue weighted by atomic mass is 79.9. The first-order valence-corrected chi connectivity index (χ1v) is 8.61. The Labute approximate surface area is 132 Å². The Morgan fingerprint density at radius 3 is 2.95 bits per heavy atom. The zero-order valence-electron chi connectivity index (χ0n) is 12.1. The number of hydrogen-bond acceptors (Lipinski definition) is 3. The topological polar surface area (TPSA) is 25.2 Å². The van der Waals surface area contributed by atoms with Gasteiger partial charge in [-0.25, -0.2) is 0 Å². The second-order valence-electron chi connectivity index (χ2n) is 6.42. The molecular weight excluding hydrogens is 334 g/mol. The molecule has 0 radical (unpaired) electrons. The van der Waals surface area contributed by atoms with Crippen LogP contribution in [-0.2, 0) is 13.0 Å². The predicted molar refractivity (Wildman–Crippen MR) is 87.1 cm³/mol. The van der Waals surface area contributed by atoms with Crippen LogP contribution in [0.5, 0.6) is 0 Å². The minimum absolute atomic E-state index is 0.297. The maximum atomic E-state index is 5.88. The number of aryl methyl sites for hydroxylation is 1. The molecule has 0 aromatic carbocycles. The van der Waals surface area contributed by atoms with Gasteiger partial charge >= 0.3 is 0 Å². The zero-order chi connectivity index (χ0) is 14.3. The first-order chi connectivity index (χ1) is 9.43. The summed E-state index contributed by atoms with van der Waals surface area (Å²) in [4.78, 5) is 1.36. The van der Waals surface area contributed by atoms with Gasteiger partial charge in [-0.2, -0.15) is 0 Å². The van der Waals surface area contributed by atoms with Crippen LogP contribution in [0.15, 0.2) is 26.4 Å². The molecule has 2 nitrogen and oxygen atoms in total. The van der Waals surface area contributed by atoms with Gasteiger partial charge in [-0.05, 0) is 52.9 Å². The van der Waals surface area contributed by atoms with Gasteiger partial charge in [-0.15, -0.1) is 11.3 Å². The summed E-state index contributed by atoms with van der Waals surface area (Å²) in [6, 6.07) is 6.89. The van der Waals surface area contributed by atoms with Crippen LogP contribution in [0, 0.1) is 12.3 Å². The van der Waals surface area contributed by atoms with Gasteiger partial charge in [0.2, 0.25) is 0 Å². The van der Waals surface area contributed by atoms with Crippen molar-refractivity contribution in [2.24, 2.45) is 5.41 Å². The van der Waals surface area contributed by atoms with Gasteiger partial charge < -0.3 is 9.73 Å². The normalized spacial score (nSPS) is 20.9. The first kappa shape index (κ1) is 14.4. The zero-order valence-corrected chi connectivity index (χ0v) is 14.5. The van der Waals surface area contributed by atoms with E-state index in [0.717, 1.165) is 25.1 Å². The van der Waals surface area contributed by atoms with Crippen LogP contribution in [0.25, 0.3) is 0 Å². The summed E-state index contributed by atoms with van der Waals surface area (Å²) < 4.78 is 7.08. The SMILES string of the molecule is Cc1cc2c(o1)CC(C)(C)CC2NCc1ccc(Br)s1. The van der Waals surface area contributed by atoms with Crippen molar-refractivity contribution < 1.29 is 4.42 Å². The monoisotopic (exact) mass is 353 g/mol. The lowest BCUT2D eigenvalue weighted by Gasteiger charge is -2.34. The minimum atomic E-state index is 0.297. The summed E-state index contributed by atoms with van der Waals surface area (Å²) in [5, 5.41) is 3.71. The summed E-state index contributed by atoms with van der Waals surface area (Å²) in [5.74, 6) is 2.20. The number of hydrogen-bond donors (Lipinski definition) is 1. The maximum absolute atomic E-state index is 5.88. The molecule has 1 N–H and O–H groups in total. The quantitative estimate of drug-likeness (QED) is 0.818. The molecule has 0 spiro atoms. The van der Waals surface area contributed by atoms with Crippen molar-refractivity contribution in [2.75, 3.05) is 0 Å². The highest BCUT2D eigenvalue weighted by molar-refractivity contribution is 9.11. The van der Waals surface area contributed by atoms with E-state index in [4.69, 9.17) is 4.42 Å². The highest BCUT2D eigenvalue weighted by Crippen LogP contribution is 2.42. The Morgan fingerprint density at radius 2 is 2.25 bits per heavy atom. The van der Waals surface area contributed by atoms with E-state index in [1.54, 1.807) is 11.3 Å². The first-order valence-electron chi connectivity index (χ1n) is 7.00. The van der Waals surface area contributed by atoms with Gasteiger partial charge in [0.15, 0.2) is 0 Å². The molecule has 2 aromatic heterocycles. The molecule has 1 aliphatic carbocycles. The second kappa shape index (κ2) is 5.32. The van der Waals surface area contributed by atoms with Crippen LogP contribution < -0.4 is 5.32 Å².